The van der Waals surface area contributed by atoms with Crippen LogP contribution in [0.5, 0.6) is 0 Å². The summed E-state index contributed by atoms with van der Waals surface area (Å²) in [6.07, 6.45) is 1.69. The van der Waals surface area contributed by atoms with E-state index in [1.807, 2.05) is 30.3 Å². The number of oxazole rings is 1. The van der Waals surface area contributed by atoms with E-state index in [-0.39, 0.29) is 6.04 Å². The lowest BCUT2D eigenvalue weighted by molar-refractivity contribution is -0.0306. The number of benzene rings is 1. The number of aliphatic hydroxyl groups excluding tert-OH is 1. The van der Waals surface area contributed by atoms with Crippen molar-refractivity contribution < 1.29 is 14.3 Å². The Kier molecular flexibility index (Phi) is 5.66. The molecule has 0 aliphatic carbocycles. The molecule has 2 heterocycles. The zero-order chi connectivity index (χ0) is 16.9. The lowest BCUT2D eigenvalue weighted by atomic mass is 10.00. The molecule has 24 heavy (non-hydrogen) atoms. The topological polar surface area (TPSA) is 58.7 Å². The second-order valence-corrected chi connectivity index (χ2v) is 6.68. The minimum Gasteiger partial charge on any atom is -0.448 e. The maximum Gasteiger partial charge on any atom is 0.181 e. The van der Waals surface area contributed by atoms with Gasteiger partial charge in [0.2, 0.25) is 0 Å². The number of rotatable bonds is 6. The summed E-state index contributed by atoms with van der Waals surface area (Å²) in [5.41, 5.74) is 1.94. The van der Waals surface area contributed by atoms with E-state index >= 15 is 0 Å². The van der Waals surface area contributed by atoms with Crippen molar-refractivity contribution in [3.8, 4) is 0 Å². The third kappa shape index (κ3) is 4.04. The van der Waals surface area contributed by atoms with E-state index < -0.39 is 6.10 Å². The van der Waals surface area contributed by atoms with Gasteiger partial charge in [0, 0.05) is 25.0 Å². The number of hydrogen-bond acceptors (Lipinski definition) is 5. The second-order valence-electron chi connectivity index (χ2n) is 6.68. The number of ether oxygens (including phenoxy) is 1. The van der Waals surface area contributed by atoms with Crippen LogP contribution in [0.25, 0.3) is 0 Å². The Morgan fingerprint density at radius 1 is 1.29 bits per heavy atom. The molecule has 130 valence electrons. The first-order valence-corrected chi connectivity index (χ1v) is 8.62. The van der Waals surface area contributed by atoms with Crippen molar-refractivity contribution in [3.05, 3.63) is 53.7 Å². The highest BCUT2D eigenvalue weighted by Crippen LogP contribution is 2.25. The number of nitrogens with zero attached hydrogens (tertiary/aromatic N) is 2. The Morgan fingerprint density at radius 2 is 2.08 bits per heavy atom. The van der Waals surface area contributed by atoms with Gasteiger partial charge < -0.3 is 14.3 Å². The Morgan fingerprint density at radius 3 is 2.83 bits per heavy atom. The van der Waals surface area contributed by atoms with Gasteiger partial charge >= 0.3 is 0 Å². The molecule has 1 aliphatic heterocycles. The highest BCUT2D eigenvalue weighted by atomic mass is 16.5. The molecule has 2 atom stereocenters. The van der Waals surface area contributed by atoms with Gasteiger partial charge in [0.1, 0.15) is 5.76 Å². The molecule has 1 saturated heterocycles. The van der Waals surface area contributed by atoms with E-state index in [4.69, 9.17) is 9.15 Å². The first-order chi connectivity index (χ1) is 11.6. The lowest BCUT2D eigenvalue weighted by Gasteiger charge is -2.36. The molecule has 0 amide bonds. The predicted molar refractivity (Wildman–Crippen MR) is 91.6 cm³/mol. The van der Waals surface area contributed by atoms with Gasteiger partial charge in [-0.1, -0.05) is 44.2 Å². The molecule has 1 aliphatic rings. The average Bonchev–Trinajstić information content (AvgIpc) is 3.06. The number of hydrogen-bond donors (Lipinski definition) is 1. The summed E-state index contributed by atoms with van der Waals surface area (Å²) in [4.78, 5) is 6.74. The molecular formula is C19H26N2O3. The summed E-state index contributed by atoms with van der Waals surface area (Å²) in [5, 5.41) is 10.5. The third-order valence-electron chi connectivity index (χ3n) is 4.58. The van der Waals surface area contributed by atoms with Crippen LogP contribution in [0, 0.1) is 0 Å². The van der Waals surface area contributed by atoms with Gasteiger partial charge in [-0.2, -0.15) is 0 Å². The SMILES string of the molecule is CC(C)c1ocnc1CN1CCOCC1CC(O)c1ccccc1. The summed E-state index contributed by atoms with van der Waals surface area (Å²) in [7, 11) is 0. The summed E-state index contributed by atoms with van der Waals surface area (Å²) < 4.78 is 11.2. The molecule has 1 aromatic carbocycles. The molecule has 2 unspecified atom stereocenters. The number of morpholine rings is 1. The molecule has 1 fully saturated rings. The first-order valence-electron chi connectivity index (χ1n) is 8.62. The van der Waals surface area contributed by atoms with E-state index in [0.717, 1.165) is 30.1 Å². The molecular weight excluding hydrogens is 304 g/mol. The fraction of sp³-hybridized carbons (Fsp3) is 0.526. The molecule has 5 nitrogen and oxygen atoms in total. The van der Waals surface area contributed by atoms with Gasteiger partial charge in [0.25, 0.3) is 0 Å². The largest absolute Gasteiger partial charge is 0.448 e. The standard InChI is InChI=1S/C19H26N2O3/c1-14(2)19-17(20-13-24-19)11-21-8-9-23-12-16(21)10-18(22)15-6-4-3-5-7-15/h3-7,13-14,16,18,22H,8-12H2,1-2H3. The summed E-state index contributed by atoms with van der Waals surface area (Å²) in [6, 6.07) is 9.98. The normalized spacial score (nSPS) is 20.4. The smallest absolute Gasteiger partial charge is 0.181 e. The molecule has 3 rings (SSSR count). The van der Waals surface area contributed by atoms with Crippen LogP contribution in [0.4, 0.5) is 0 Å². The molecule has 5 heteroatoms. The van der Waals surface area contributed by atoms with Gasteiger partial charge in [-0.25, -0.2) is 4.98 Å². The monoisotopic (exact) mass is 330 g/mol. The molecule has 0 radical (unpaired) electrons. The second kappa shape index (κ2) is 7.92. The quantitative estimate of drug-likeness (QED) is 0.882. The van der Waals surface area contributed by atoms with Crippen molar-refractivity contribution in [1.29, 1.82) is 0 Å². The zero-order valence-electron chi connectivity index (χ0n) is 14.4. The van der Waals surface area contributed by atoms with Crippen LogP contribution < -0.4 is 0 Å². The summed E-state index contributed by atoms with van der Waals surface area (Å²) in [5.74, 6) is 1.26. The highest BCUT2D eigenvalue weighted by Gasteiger charge is 2.27. The van der Waals surface area contributed by atoms with Crippen LogP contribution in [-0.4, -0.2) is 40.8 Å². The first kappa shape index (κ1) is 17.1. The minimum atomic E-state index is -0.484. The summed E-state index contributed by atoms with van der Waals surface area (Å²) in [6.45, 7) is 7.15. The van der Waals surface area contributed by atoms with Gasteiger partial charge in [-0.3, -0.25) is 4.90 Å². The third-order valence-corrected chi connectivity index (χ3v) is 4.58. The van der Waals surface area contributed by atoms with Gasteiger partial charge in [-0.05, 0) is 12.0 Å². The predicted octanol–water partition coefficient (Wildman–Crippen LogP) is 3.12. The molecule has 1 aromatic heterocycles. The van der Waals surface area contributed by atoms with E-state index in [2.05, 4.69) is 23.7 Å². The Labute approximate surface area is 143 Å². The number of aliphatic hydroxyl groups is 1. The van der Waals surface area contributed by atoms with Crippen LogP contribution in [0.3, 0.4) is 0 Å². The van der Waals surface area contributed by atoms with Gasteiger partial charge in [0.05, 0.1) is 25.0 Å². The van der Waals surface area contributed by atoms with Crippen molar-refractivity contribution in [3.63, 3.8) is 0 Å². The van der Waals surface area contributed by atoms with Crippen LogP contribution in [0.15, 0.2) is 41.1 Å². The fourth-order valence-corrected chi connectivity index (χ4v) is 3.24. The maximum atomic E-state index is 10.5. The van der Waals surface area contributed by atoms with Gasteiger partial charge in [-0.15, -0.1) is 0 Å². The van der Waals surface area contributed by atoms with Crippen molar-refractivity contribution in [2.45, 2.75) is 44.9 Å². The molecule has 0 saturated carbocycles. The van der Waals surface area contributed by atoms with Crippen LogP contribution in [-0.2, 0) is 11.3 Å². The highest BCUT2D eigenvalue weighted by molar-refractivity contribution is 5.17. The molecule has 1 N–H and O–H groups in total. The van der Waals surface area contributed by atoms with E-state index in [1.54, 1.807) is 0 Å². The van der Waals surface area contributed by atoms with E-state index in [9.17, 15) is 5.11 Å². The lowest BCUT2D eigenvalue weighted by Crippen LogP contribution is -2.45. The molecule has 0 spiro atoms. The average molecular weight is 330 g/mol. The maximum absolute atomic E-state index is 10.5. The van der Waals surface area contributed by atoms with Gasteiger partial charge in [0.15, 0.2) is 6.39 Å². The van der Waals surface area contributed by atoms with Crippen molar-refractivity contribution >= 4 is 0 Å². The van der Waals surface area contributed by atoms with Crippen molar-refractivity contribution in [2.24, 2.45) is 0 Å². The Balaban J connectivity index is 1.68. The number of aromatic nitrogens is 1. The molecule has 0 bridgehead atoms. The van der Waals surface area contributed by atoms with Crippen LogP contribution in [0.1, 0.15) is 49.3 Å². The van der Waals surface area contributed by atoms with Crippen molar-refractivity contribution in [2.75, 3.05) is 19.8 Å². The summed E-state index contributed by atoms with van der Waals surface area (Å²) >= 11 is 0. The minimum absolute atomic E-state index is 0.172. The van der Waals surface area contributed by atoms with E-state index in [0.29, 0.717) is 25.6 Å². The van der Waals surface area contributed by atoms with E-state index in [1.165, 1.54) is 6.39 Å². The molecule has 2 aromatic rings. The van der Waals surface area contributed by atoms with Crippen molar-refractivity contribution in [1.82, 2.24) is 9.88 Å². The Hall–Kier alpha value is -1.69. The fourth-order valence-electron chi connectivity index (χ4n) is 3.24. The van der Waals surface area contributed by atoms with Crippen LogP contribution in [0.2, 0.25) is 0 Å². The van der Waals surface area contributed by atoms with Crippen LogP contribution >= 0.6 is 0 Å². The zero-order valence-corrected chi connectivity index (χ0v) is 14.4. The Bertz CT molecular complexity index is 627.